The van der Waals surface area contributed by atoms with Gasteiger partial charge >= 0.3 is 0 Å². The van der Waals surface area contributed by atoms with E-state index in [0.717, 1.165) is 28.1 Å². The third kappa shape index (κ3) is 2.83. The van der Waals surface area contributed by atoms with Crippen LogP contribution >= 0.6 is 11.6 Å². The second-order valence-corrected chi connectivity index (χ2v) is 5.60. The molecule has 20 heavy (non-hydrogen) atoms. The number of benzene rings is 2. The molecule has 0 radical (unpaired) electrons. The van der Waals surface area contributed by atoms with Crippen LogP contribution in [0.25, 0.3) is 5.57 Å². The normalized spacial score (nSPS) is 18.8. The Morgan fingerprint density at radius 3 is 2.50 bits per heavy atom. The number of halogens is 1. The number of allylic oxidation sites excluding steroid dienone is 2. The van der Waals surface area contributed by atoms with Crippen LogP contribution in [0.4, 0.5) is 0 Å². The predicted molar refractivity (Wildman–Crippen MR) is 82.9 cm³/mol. The fourth-order valence-corrected chi connectivity index (χ4v) is 2.94. The number of rotatable bonds is 2. The molecule has 0 fully saturated rings. The lowest BCUT2D eigenvalue weighted by Gasteiger charge is -2.23. The lowest BCUT2D eigenvalue weighted by molar-refractivity contribution is -0.115. The molecule has 0 saturated carbocycles. The van der Waals surface area contributed by atoms with Gasteiger partial charge < -0.3 is 0 Å². The summed E-state index contributed by atoms with van der Waals surface area (Å²) < 4.78 is 0. The molecule has 1 aliphatic rings. The second kappa shape index (κ2) is 5.64. The van der Waals surface area contributed by atoms with Crippen LogP contribution in [0.2, 0.25) is 5.02 Å². The van der Waals surface area contributed by atoms with Crippen LogP contribution in [0, 0.1) is 0 Å². The van der Waals surface area contributed by atoms with Gasteiger partial charge in [0, 0.05) is 11.4 Å². The van der Waals surface area contributed by atoms with Crippen LogP contribution in [0.15, 0.2) is 60.7 Å². The molecule has 0 heterocycles. The number of carbonyl (C=O) groups is 1. The minimum absolute atomic E-state index is 0.195. The van der Waals surface area contributed by atoms with Crippen molar-refractivity contribution < 1.29 is 4.79 Å². The van der Waals surface area contributed by atoms with Crippen LogP contribution in [0.3, 0.4) is 0 Å². The number of carbonyl (C=O) groups excluding carboxylic acids is 1. The van der Waals surface area contributed by atoms with Crippen LogP contribution in [-0.2, 0) is 4.79 Å². The van der Waals surface area contributed by atoms with Gasteiger partial charge in [-0.15, -0.1) is 0 Å². The van der Waals surface area contributed by atoms with E-state index in [1.54, 1.807) is 6.08 Å². The maximum Gasteiger partial charge on any atom is 0.156 e. The maximum absolute atomic E-state index is 12.0. The van der Waals surface area contributed by atoms with Gasteiger partial charge in [-0.1, -0.05) is 54.1 Å². The van der Waals surface area contributed by atoms with E-state index in [0.29, 0.717) is 6.42 Å². The molecule has 100 valence electrons. The van der Waals surface area contributed by atoms with E-state index in [1.807, 2.05) is 36.4 Å². The van der Waals surface area contributed by atoms with Gasteiger partial charge in [0.2, 0.25) is 0 Å². The first kappa shape index (κ1) is 13.1. The van der Waals surface area contributed by atoms with Crippen molar-refractivity contribution in [1.29, 1.82) is 0 Å². The second-order valence-electron chi connectivity index (χ2n) is 5.16. The lowest BCUT2D eigenvalue weighted by atomic mass is 9.81. The number of hydrogen-bond acceptors (Lipinski definition) is 1. The highest BCUT2D eigenvalue weighted by atomic mass is 35.5. The monoisotopic (exact) mass is 282 g/mol. The van der Waals surface area contributed by atoms with E-state index in [9.17, 15) is 4.79 Å². The summed E-state index contributed by atoms with van der Waals surface area (Å²) in [6.45, 7) is 0. The molecule has 0 aromatic heterocycles. The Labute approximate surface area is 123 Å². The van der Waals surface area contributed by atoms with Gasteiger partial charge in [-0.05, 0) is 47.2 Å². The summed E-state index contributed by atoms with van der Waals surface area (Å²) in [5.74, 6) is 0.418. The van der Waals surface area contributed by atoms with Crippen molar-refractivity contribution in [2.75, 3.05) is 0 Å². The average molecular weight is 283 g/mol. The highest BCUT2D eigenvalue weighted by Gasteiger charge is 2.22. The molecule has 1 aliphatic carbocycles. The first-order valence-electron chi connectivity index (χ1n) is 6.76. The number of hydrogen-bond donors (Lipinski definition) is 0. The quantitative estimate of drug-likeness (QED) is 0.768. The number of ketones is 1. The molecule has 0 saturated heterocycles. The molecule has 1 atom stereocenters. The summed E-state index contributed by atoms with van der Waals surface area (Å²) in [7, 11) is 0. The summed E-state index contributed by atoms with van der Waals surface area (Å²) in [5, 5.41) is 0.728. The molecular weight excluding hydrogens is 268 g/mol. The van der Waals surface area contributed by atoms with Gasteiger partial charge in [-0.3, -0.25) is 4.79 Å². The largest absolute Gasteiger partial charge is 0.295 e. The molecule has 2 aromatic rings. The molecule has 0 bridgehead atoms. The van der Waals surface area contributed by atoms with Crippen molar-refractivity contribution >= 4 is 23.0 Å². The fraction of sp³-hybridized carbons (Fsp3) is 0.167. The van der Waals surface area contributed by atoms with E-state index >= 15 is 0 Å². The van der Waals surface area contributed by atoms with Crippen molar-refractivity contribution in [2.45, 2.75) is 18.8 Å². The van der Waals surface area contributed by atoms with Gasteiger partial charge in [0.15, 0.2) is 5.78 Å². The van der Waals surface area contributed by atoms with E-state index < -0.39 is 0 Å². The van der Waals surface area contributed by atoms with E-state index in [4.69, 9.17) is 11.6 Å². The van der Waals surface area contributed by atoms with E-state index in [1.165, 1.54) is 0 Å². The molecule has 0 aliphatic heterocycles. The van der Waals surface area contributed by atoms with E-state index in [2.05, 4.69) is 18.2 Å². The first-order valence-corrected chi connectivity index (χ1v) is 7.14. The topological polar surface area (TPSA) is 17.1 Å². The van der Waals surface area contributed by atoms with Crippen molar-refractivity contribution in [3.63, 3.8) is 0 Å². The minimum atomic E-state index is 0.195. The molecule has 2 heteroatoms. The molecule has 0 unspecified atom stereocenters. The van der Waals surface area contributed by atoms with Crippen LogP contribution in [0.1, 0.15) is 29.9 Å². The average Bonchev–Trinajstić information content (AvgIpc) is 2.47. The Kier molecular flexibility index (Phi) is 3.70. The molecular formula is C18H15ClO. The van der Waals surface area contributed by atoms with Gasteiger partial charge in [0.05, 0.1) is 0 Å². The predicted octanol–water partition coefficient (Wildman–Crippen LogP) is 4.87. The maximum atomic E-state index is 12.0. The van der Waals surface area contributed by atoms with Crippen LogP contribution in [-0.4, -0.2) is 5.78 Å². The summed E-state index contributed by atoms with van der Waals surface area (Å²) >= 11 is 6.05. The molecule has 1 nitrogen and oxygen atoms in total. The molecule has 0 amide bonds. The Morgan fingerprint density at radius 2 is 1.75 bits per heavy atom. The van der Waals surface area contributed by atoms with Crippen molar-refractivity contribution in [1.82, 2.24) is 0 Å². The van der Waals surface area contributed by atoms with Gasteiger partial charge in [0.25, 0.3) is 0 Å². The van der Waals surface area contributed by atoms with Crippen LogP contribution in [0.5, 0.6) is 0 Å². The third-order valence-corrected chi connectivity index (χ3v) is 3.95. The Hall–Kier alpha value is -1.86. The molecule has 3 rings (SSSR count). The minimum Gasteiger partial charge on any atom is -0.295 e. The first-order chi connectivity index (χ1) is 9.72. The Morgan fingerprint density at radius 1 is 0.950 bits per heavy atom. The Bertz CT molecular complexity index is 658. The van der Waals surface area contributed by atoms with Crippen molar-refractivity contribution in [3.05, 3.63) is 76.8 Å². The summed E-state index contributed by atoms with van der Waals surface area (Å²) in [5.41, 5.74) is 3.40. The van der Waals surface area contributed by atoms with Gasteiger partial charge in [-0.25, -0.2) is 0 Å². The summed E-state index contributed by atoms with van der Waals surface area (Å²) in [6, 6.07) is 17.9. The van der Waals surface area contributed by atoms with Gasteiger partial charge in [-0.2, -0.15) is 0 Å². The highest BCUT2D eigenvalue weighted by molar-refractivity contribution is 6.30. The zero-order valence-electron chi connectivity index (χ0n) is 11.1. The van der Waals surface area contributed by atoms with Crippen LogP contribution < -0.4 is 0 Å². The SMILES string of the molecule is O=C1C=C(c2ccccc2)C[C@H](c2cccc(Cl)c2)C1. The molecule has 0 N–H and O–H groups in total. The van der Waals surface area contributed by atoms with E-state index in [-0.39, 0.29) is 11.7 Å². The molecule has 0 spiro atoms. The third-order valence-electron chi connectivity index (χ3n) is 3.71. The lowest BCUT2D eigenvalue weighted by Crippen LogP contribution is -2.12. The zero-order valence-corrected chi connectivity index (χ0v) is 11.8. The summed E-state index contributed by atoms with van der Waals surface area (Å²) in [6.07, 6.45) is 3.24. The fourth-order valence-electron chi connectivity index (χ4n) is 2.74. The Balaban J connectivity index is 1.91. The molecule has 2 aromatic carbocycles. The van der Waals surface area contributed by atoms with Crippen molar-refractivity contribution in [2.24, 2.45) is 0 Å². The van der Waals surface area contributed by atoms with Crippen molar-refractivity contribution in [3.8, 4) is 0 Å². The highest BCUT2D eigenvalue weighted by Crippen LogP contribution is 2.36. The summed E-state index contributed by atoms with van der Waals surface area (Å²) in [4.78, 5) is 12.0. The van der Waals surface area contributed by atoms with Gasteiger partial charge in [0.1, 0.15) is 0 Å². The smallest absolute Gasteiger partial charge is 0.156 e. The zero-order chi connectivity index (χ0) is 13.9. The standard InChI is InChI=1S/C18H15ClO/c19-17-8-4-7-14(10-17)16-9-15(11-18(20)12-16)13-5-2-1-3-6-13/h1-8,10-11,16H,9,12H2/t16-/m0/s1.